The Labute approximate surface area is 346 Å². The van der Waals surface area contributed by atoms with Gasteiger partial charge in [0.1, 0.15) is 0 Å². The molecular formula is C52H51NNiOP-. The van der Waals surface area contributed by atoms with Gasteiger partial charge in [-0.25, -0.2) is 0 Å². The molecule has 6 aromatic carbocycles. The molecule has 0 fully saturated rings. The van der Waals surface area contributed by atoms with Crippen LogP contribution < -0.4 is 21.2 Å². The fourth-order valence-corrected chi connectivity index (χ4v) is 8.60. The van der Waals surface area contributed by atoms with E-state index >= 15 is 0 Å². The molecule has 0 bridgehead atoms. The number of allylic oxidation sites excluding steroid dienone is 6. The predicted molar refractivity (Wildman–Crippen MR) is 239 cm³/mol. The van der Waals surface area contributed by atoms with E-state index in [1.165, 1.54) is 32.6 Å². The molecule has 56 heavy (non-hydrogen) atoms. The van der Waals surface area contributed by atoms with Crippen molar-refractivity contribution in [2.75, 3.05) is 5.32 Å². The van der Waals surface area contributed by atoms with Gasteiger partial charge in [0.25, 0.3) is 0 Å². The molecule has 4 heteroatoms. The summed E-state index contributed by atoms with van der Waals surface area (Å²) in [7, 11) is -0.446. The Hall–Kier alpha value is -5.33. The van der Waals surface area contributed by atoms with Crippen LogP contribution in [0.1, 0.15) is 61.8 Å². The molecule has 0 unspecified atom stereocenters. The molecule has 7 rings (SSSR count). The van der Waals surface area contributed by atoms with Crippen molar-refractivity contribution < 1.29 is 21.3 Å². The van der Waals surface area contributed by atoms with E-state index in [-0.39, 0.29) is 22.3 Å². The summed E-state index contributed by atoms with van der Waals surface area (Å²) < 4.78 is 0. The van der Waals surface area contributed by atoms with Crippen LogP contribution in [-0.2, 0) is 27.7 Å². The minimum atomic E-state index is -0.446. The van der Waals surface area contributed by atoms with E-state index in [0.29, 0.717) is 17.4 Å². The van der Waals surface area contributed by atoms with Crippen LogP contribution in [0, 0.1) is 6.07 Å². The zero-order chi connectivity index (χ0) is 38.8. The summed E-state index contributed by atoms with van der Waals surface area (Å²) in [5, 5.41) is 7.69. The van der Waals surface area contributed by atoms with E-state index in [0.717, 1.165) is 23.2 Å². The Balaban J connectivity index is 0.000000226. The number of anilines is 1. The second-order valence-electron chi connectivity index (χ2n) is 13.7. The minimum absolute atomic E-state index is 0. The third-order valence-electron chi connectivity index (χ3n) is 9.04. The van der Waals surface area contributed by atoms with Gasteiger partial charge < -0.3 is 5.32 Å². The molecule has 0 amide bonds. The first-order valence-corrected chi connectivity index (χ1v) is 20.3. The molecule has 0 radical (unpaired) electrons. The number of benzene rings is 6. The molecule has 0 saturated heterocycles. The normalized spacial score (nSPS) is 12.5. The van der Waals surface area contributed by atoms with E-state index < -0.39 is 7.92 Å². The number of Topliss-reactive ketones (excluding diaryl/α,β-unsaturated/α-hetero) is 1. The van der Waals surface area contributed by atoms with Crippen LogP contribution in [-0.4, -0.2) is 5.78 Å². The number of rotatable bonds is 10. The number of ketones is 1. The average Bonchev–Trinajstić information content (AvgIpc) is 3.23. The van der Waals surface area contributed by atoms with Gasteiger partial charge in [-0.15, -0.1) is 6.58 Å². The minimum Gasteiger partial charge on any atom is -0.360 e. The molecule has 0 saturated carbocycles. The SMILES string of the molecule is C=CCc1cc(C(C)C)c(N/C=C2/C=CC=C(c3ccccc3)C2=O)c(C(C)C)c1.[Ni].[c-]1ccccc1.c1ccc(P(c2ccccc2)c2ccccc2)cc1. The van der Waals surface area contributed by atoms with Gasteiger partial charge in [0.05, 0.1) is 0 Å². The van der Waals surface area contributed by atoms with Gasteiger partial charge in [-0.2, -0.15) is 36.4 Å². The molecule has 0 atom stereocenters. The van der Waals surface area contributed by atoms with Crippen LogP contribution in [0.2, 0.25) is 0 Å². The summed E-state index contributed by atoms with van der Waals surface area (Å²) in [6.07, 6.45) is 10.4. The molecule has 1 N–H and O–H groups in total. The second-order valence-corrected chi connectivity index (χ2v) is 16.0. The van der Waals surface area contributed by atoms with Crippen molar-refractivity contribution in [3.05, 3.63) is 235 Å². The molecule has 286 valence electrons. The van der Waals surface area contributed by atoms with Crippen molar-refractivity contribution >= 4 is 40.9 Å². The zero-order valence-electron chi connectivity index (χ0n) is 32.7. The molecule has 0 aliphatic heterocycles. The largest absolute Gasteiger partial charge is 0.360 e. The Kier molecular flexibility index (Phi) is 17.8. The van der Waals surface area contributed by atoms with E-state index in [2.05, 4.69) is 149 Å². The topological polar surface area (TPSA) is 29.1 Å². The van der Waals surface area contributed by atoms with Crippen LogP contribution in [0.3, 0.4) is 0 Å². The summed E-state index contributed by atoms with van der Waals surface area (Å²) in [6.45, 7) is 12.7. The second kappa shape index (κ2) is 22.9. The molecule has 0 heterocycles. The zero-order valence-corrected chi connectivity index (χ0v) is 34.6. The van der Waals surface area contributed by atoms with Gasteiger partial charge >= 0.3 is 0 Å². The molecule has 6 aromatic rings. The van der Waals surface area contributed by atoms with Crippen LogP contribution >= 0.6 is 7.92 Å². The van der Waals surface area contributed by atoms with Gasteiger partial charge in [0, 0.05) is 39.5 Å². The smallest absolute Gasteiger partial charge is 0.195 e. The maximum atomic E-state index is 13.1. The maximum Gasteiger partial charge on any atom is 0.195 e. The standard InChI is InChI=1S/C28H31NO.C18H15P.C6H5.Ni/c1-6-11-21-16-25(19(2)3)27(26(17-21)20(4)5)29-18-23-14-10-15-24(28(23)30)22-12-8-7-9-13-22;1-4-10-16(11-5-1)19(17-12-6-2-7-13-17)18-14-8-3-9-15-18;1-2-4-6-5-3-1;/h6-10,12-20,29H,1,11H2,2-5H3;1-15H;1-5H;/q;;-1;/b23-18-;;;. The number of carbonyl (C=O) groups excluding carboxylic acids is 1. The van der Waals surface area contributed by atoms with Gasteiger partial charge in [-0.1, -0.05) is 179 Å². The van der Waals surface area contributed by atoms with Crippen LogP contribution in [0.5, 0.6) is 0 Å². The molecule has 0 aromatic heterocycles. The summed E-state index contributed by atoms with van der Waals surface area (Å²) >= 11 is 0. The van der Waals surface area contributed by atoms with Crippen LogP contribution in [0.15, 0.2) is 206 Å². The van der Waals surface area contributed by atoms with Crippen LogP contribution in [0.4, 0.5) is 5.69 Å². The van der Waals surface area contributed by atoms with E-state index in [1.54, 1.807) is 0 Å². The molecule has 0 spiro atoms. The average molecular weight is 796 g/mol. The number of hydrogen-bond acceptors (Lipinski definition) is 2. The summed E-state index contributed by atoms with van der Waals surface area (Å²) in [5.74, 6) is 0.771. The van der Waals surface area contributed by atoms with Crippen LogP contribution in [0.25, 0.3) is 5.57 Å². The number of nitrogens with one attached hydrogen (secondary N) is 1. The number of hydrogen-bond donors (Lipinski definition) is 1. The van der Waals surface area contributed by atoms with Crippen molar-refractivity contribution in [2.24, 2.45) is 0 Å². The first kappa shape index (κ1) is 43.4. The maximum absolute atomic E-state index is 13.1. The van der Waals surface area contributed by atoms with Crippen molar-refractivity contribution in [3.63, 3.8) is 0 Å². The molecule has 2 nitrogen and oxygen atoms in total. The van der Waals surface area contributed by atoms with Crippen molar-refractivity contribution in [1.82, 2.24) is 0 Å². The van der Waals surface area contributed by atoms with Gasteiger partial charge in [-0.05, 0) is 70.4 Å². The first-order valence-electron chi connectivity index (χ1n) is 19.0. The molecule has 1 aliphatic rings. The summed E-state index contributed by atoms with van der Waals surface area (Å²) in [6, 6.07) is 59.2. The number of carbonyl (C=O) groups is 1. The van der Waals surface area contributed by atoms with E-state index in [4.69, 9.17) is 0 Å². The monoisotopic (exact) mass is 794 g/mol. The fourth-order valence-electron chi connectivity index (χ4n) is 6.30. The fraction of sp³-hybridized carbons (Fsp3) is 0.135. The van der Waals surface area contributed by atoms with Crippen molar-refractivity contribution in [3.8, 4) is 0 Å². The Morgan fingerprint density at radius 1 is 0.661 bits per heavy atom. The molecular weight excluding hydrogens is 744 g/mol. The Morgan fingerprint density at radius 3 is 1.50 bits per heavy atom. The van der Waals surface area contributed by atoms with Crippen molar-refractivity contribution in [2.45, 2.75) is 46.0 Å². The van der Waals surface area contributed by atoms with Crippen molar-refractivity contribution in [1.29, 1.82) is 0 Å². The van der Waals surface area contributed by atoms with Gasteiger partial charge in [0.15, 0.2) is 5.78 Å². The van der Waals surface area contributed by atoms with Gasteiger partial charge in [0.2, 0.25) is 0 Å². The van der Waals surface area contributed by atoms with E-state index in [9.17, 15) is 4.79 Å². The third kappa shape index (κ3) is 12.3. The first-order chi connectivity index (χ1) is 26.9. The Bertz CT molecular complexity index is 2030. The quantitative estimate of drug-likeness (QED) is 0.0492. The summed E-state index contributed by atoms with van der Waals surface area (Å²) in [5.41, 5.74) is 7.24. The molecule has 1 aliphatic carbocycles. The predicted octanol–water partition coefficient (Wildman–Crippen LogP) is 12.1. The van der Waals surface area contributed by atoms with Gasteiger partial charge in [-0.3, -0.25) is 4.79 Å². The van der Waals surface area contributed by atoms with E-state index in [1.807, 2.05) is 91.2 Å². The third-order valence-corrected chi connectivity index (χ3v) is 11.5. The Morgan fingerprint density at radius 2 is 1.11 bits per heavy atom. The summed E-state index contributed by atoms with van der Waals surface area (Å²) in [4.78, 5) is 13.1.